The maximum atomic E-state index is 11.0. The second kappa shape index (κ2) is 6.89. The van der Waals surface area contributed by atoms with Gasteiger partial charge in [0, 0.05) is 6.08 Å². The number of esters is 1. The molecule has 0 aromatic carbocycles. The zero-order valence-corrected chi connectivity index (χ0v) is 8.22. The quantitative estimate of drug-likeness (QED) is 0.360. The Bertz CT molecular complexity index is 159. The third-order valence-electron chi connectivity index (χ3n) is 1.66. The number of hydrogen-bond donors (Lipinski definition) is 0. The second-order valence-electron chi connectivity index (χ2n) is 2.87. The molecule has 0 aromatic rings. The van der Waals surface area contributed by atoms with E-state index in [0.717, 1.165) is 24.8 Å². The molecule has 12 heavy (non-hydrogen) atoms. The molecule has 0 N–H and O–H groups in total. The first-order chi connectivity index (χ1) is 5.70. The highest BCUT2D eigenvalue weighted by atomic mass is 16.5. The molecule has 0 heterocycles. The minimum Gasteiger partial charge on any atom is -0.463 e. The lowest BCUT2D eigenvalue weighted by Gasteiger charge is -2.00. The van der Waals surface area contributed by atoms with E-state index < -0.39 is 0 Å². The smallest absolute Gasteiger partial charge is 0.330 e. The van der Waals surface area contributed by atoms with Crippen LogP contribution in [0.4, 0.5) is 0 Å². The van der Waals surface area contributed by atoms with Gasteiger partial charge >= 0.3 is 5.97 Å². The molecule has 2 nitrogen and oxygen atoms in total. The average Bonchev–Trinajstić information content (AvgIpc) is 2.05. The maximum absolute atomic E-state index is 11.0. The number of unbranched alkanes of at least 4 members (excludes halogenated alkanes) is 1. The second-order valence-corrected chi connectivity index (χ2v) is 2.87. The molecular formula is C10H18O2. The Hall–Kier alpha value is -0.790. The van der Waals surface area contributed by atoms with Crippen LogP contribution in [0.15, 0.2) is 11.6 Å². The van der Waals surface area contributed by atoms with Crippen LogP contribution in [0.1, 0.15) is 40.0 Å². The Kier molecular flexibility index (Phi) is 6.44. The van der Waals surface area contributed by atoms with Crippen molar-refractivity contribution >= 4 is 5.97 Å². The van der Waals surface area contributed by atoms with Gasteiger partial charge in [-0.3, -0.25) is 0 Å². The minimum absolute atomic E-state index is 0.206. The monoisotopic (exact) mass is 170 g/mol. The Labute approximate surface area is 74.6 Å². The van der Waals surface area contributed by atoms with Crippen LogP contribution in [0.3, 0.4) is 0 Å². The van der Waals surface area contributed by atoms with Crippen LogP contribution in [0, 0.1) is 0 Å². The summed E-state index contributed by atoms with van der Waals surface area (Å²) in [4.78, 5) is 11.0. The van der Waals surface area contributed by atoms with Crippen molar-refractivity contribution in [1.29, 1.82) is 0 Å². The standard InChI is InChI=1S/C10H18O2/c1-4-6-7-12-10(11)8-9(3)5-2/h8H,4-7H2,1-3H3. The first-order valence-electron chi connectivity index (χ1n) is 4.54. The van der Waals surface area contributed by atoms with Crippen LogP contribution < -0.4 is 0 Å². The van der Waals surface area contributed by atoms with Crippen molar-refractivity contribution in [3.05, 3.63) is 11.6 Å². The van der Waals surface area contributed by atoms with Gasteiger partial charge in [0.25, 0.3) is 0 Å². The average molecular weight is 170 g/mol. The molecule has 0 aliphatic heterocycles. The summed E-state index contributed by atoms with van der Waals surface area (Å²) in [5.41, 5.74) is 1.07. The van der Waals surface area contributed by atoms with Gasteiger partial charge in [0.1, 0.15) is 0 Å². The fraction of sp³-hybridized carbons (Fsp3) is 0.700. The van der Waals surface area contributed by atoms with Crippen LogP contribution >= 0.6 is 0 Å². The van der Waals surface area contributed by atoms with Gasteiger partial charge in [-0.15, -0.1) is 0 Å². The van der Waals surface area contributed by atoms with Crippen LogP contribution in [0.5, 0.6) is 0 Å². The van der Waals surface area contributed by atoms with Gasteiger partial charge in [0.05, 0.1) is 6.61 Å². The van der Waals surface area contributed by atoms with Crippen molar-refractivity contribution in [3.63, 3.8) is 0 Å². The van der Waals surface area contributed by atoms with Crippen LogP contribution in [0.25, 0.3) is 0 Å². The van der Waals surface area contributed by atoms with Gasteiger partial charge in [-0.05, 0) is 19.8 Å². The number of carbonyl (C=O) groups is 1. The summed E-state index contributed by atoms with van der Waals surface area (Å²) in [6.45, 7) is 6.57. The molecule has 0 saturated carbocycles. The Morgan fingerprint density at radius 2 is 2.08 bits per heavy atom. The summed E-state index contributed by atoms with van der Waals surface area (Å²) in [5, 5.41) is 0. The molecule has 70 valence electrons. The van der Waals surface area contributed by atoms with Gasteiger partial charge in [-0.2, -0.15) is 0 Å². The van der Waals surface area contributed by atoms with Crippen LogP contribution in [-0.4, -0.2) is 12.6 Å². The molecule has 0 rings (SSSR count). The first kappa shape index (κ1) is 11.2. The SMILES string of the molecule is CCCCOC(=O)C=C(C)CC. The van der Waals surface area contributed by atoms with E-state index in [4.69, 9.17) is 4.74 Å². The van der Waals surface area contributed by atoms with E-state index in [0.29, 0.717) is 6.61 Å². The van der Waals surface area contributed by atoms with E-state index in [-0.39, 0.29) is 5.97 Å². The number of carbonyl (C=O) groups excluding carboxylic acids is 1. The molecule has 0 spiro atoms. The number of allylic oxidation sites excluding steroid dienone is 1. The molecule has 2 heteroatoms. The lowest BCUT2D eigenvalue weighted by atomic mass is 10.2. The third kappa shape index (κ3) is 5.96. The van der Waals surface area contributed by atoms with E-state index in [1.165, 1.54) is 0 Å². The zero-order valence-electron chi connectivity index (χ0n) is 8.22. The molecule has 0 aromatic heterocycles. The summed E-state index contributed by atoms with van der Waals surface area (Å²) in [7, 11) is 0. The zero-order chi connectivity index (χ0) is 9.40. The van der Waals surface area contributed by atoms with E-state index in [2.05, 4.69) is 6.92 Å². The lowest BCUT2D eigenvalue weighted by molar-refractivity contribution is -0.137. The molecule has 0 aliphatic carbocycles. The van der Waals surface area contributed by atoms with Crippen molar-refractivity contribution in [3.8, 4) is 0 Å². The lowest BCUT2D eigenvalue weighted by Crippen LogP contribution is -2.02. The Morgan fingerprint density at radius 1 is 1.42 bits per heavy atom. The van der Waals surface area contributed by atoms with E-state index in [1.54, 1.807) is 6.08 Å². The van der Waals surface area contributed by atoms with Crippen molar-refractivity contribution in [2.75, 3.05) is 6.61 Å². The van der Waals surface area contributed by atoms with E-state index in [1.807, 2.05) is 13.8 Å². The van der Waals surface area contributed by atoms with Crippen molar-refractivity contribution in [1.82, 2.24) is 0 Å². The molecule has 0 amide bonds. The third-order valence-corrected chi connectivity index (χ3v) is 1.66. The summed E-state index contributed by atoms with van der Waals surface area (Å²) in [5.74, 6) is -0.206. The molecular weight excluding hydrogens is 152 g/mol. The molecule has 0 aliphatic rings. The maximum Gasteiger partial charge on any atom is 0.330 e. The van der Waals surface area contributed by atoms with Gasteiger partial charge in [-0.1, -0.05) is 25.8 Å². The first-order valence-corrected chi connectivity index (χ1v) is 4.54. The number of rotatable bonds is 5. The Morgan fingerprint density at radius 3 is 2.58 bits per heavy atom. The van der Waals surface area contributed by atoms with Crippen LogP contribution in [-0.2, 0) is 9.53 Å². The summed E-state index contributed by atoms with van der Waals surface area (Å²) in [6.07, 6.45) is 4.48. The Balaban J connectivity index is 3.59. The topological polar surface area (TPSA) is 26.3 Å². The molecule has 0 bridgehead atoms. The summed E-state index contributed by atoms with van der Waals surface area (Å²) < 4.78 is 4.94. The fourth-order valence-electron chi connectivity index (χ4n) is 0.662. The van der Waals surface area contributed by atoms with E-state index in [9.17, 15) is 4.79 Å². The normalized spacial score (nSPS) is 11.4. The molecule has 0 atom stereocenters. The van der Waals surface area contributed by atoms with Crippen molar-refractivity contribution in [2.24, 2.45) is 0 Å². The highest BCUT2D eigenvalue weighted by molar-refractivity contribution is 5.82. The highest BCUT2D eigenvalue weighted by Crippen LogP contribution is 1.98. The van der Waals surface area contributed by atoms with Gasteiger partial charge in [0.2, 0.25) is 0 Å². The predicted molar refractivity (Wildman–Crippen MR) is 49.9 cm³/mol. The molecule has 0 fully saturated rings. The van der Waals surface area contributed by atoms with Gasteiger partial charge in [-0.25, -0.2) is 4.79 Å². The summed E-state index contributed by atoms with van der Waals surface area (Å²) in [6, 6.07) is 0. The van der Waals surface area contributed by atoms with Gasteiger partial charge < -0.3 is 4.74 Å². The predicted octanol–water partition coefficient (Wildman–Crippen LogP) is 2.69. The fourth-order valence-corrected chi connectivity index (χ4v) is 0.662. The summed E-state index contributed by atoms with van der Waals surface area (Å²) >= 11 is 0. The highest BCUT2D eigenvalue weighted by Gasteiger charge is 1.96. The molecule has 0 saturated heterocycles. The molecule has 0 radical (unpaired) electrons. The number of hydrogen-bond acceptors (Lipinski definition) is 2. The van der Waals surface area contributed by atoms with Gasteiger partial charge in [0.15, 0.2) is 0 Å². The largest absolute Gasteiger partial charge is 0.463 e. The van der Waals surface area contributed by atoms with E-state index >= 15 is 0 Å². The van der Waals surface area contributed by atoms with Crippen molar-refractivity contribution < 1.29 is 9.53 Å². The number of ether oxygens (including phenoxy) is 1. The minimum atomic E-state index is -0.206. The molecule has 0 unspecified atom stereocenters. The van der Waals surface area contributed by atoms with Crippen molar-refractivity contribution in [2.45, 2.75) is 40.0 Å². The van der Waals surface area contributed by atoms with Crippen LogP contribution in [0.2, 0.25) is 0 Å².